The topological polar surface area (TPSA) is 15.3 Å². The van der Waals surface area contributed by atoms with Crippen molar-refractivity contribution in [2.24, 2.45) is 5.92 Å². The minimum absolute atomic E-state index is 0.976. The van der Waals surface area contributed by atoms with Crippen molar-refractivity contribution in [3.63, 3.8) is 0 Å². The van der Waals surface area contributed by atoms with E-state index in [1.807, 2.05) is 0 Å². The smallest absolute Gasteiger partial charge is 0.00985 e. The molecule has 1 saturated heterocycles. The Morgan fingerprint density at radius 1 is 1.20 bits per heavy atom. The average molecular weight is 210 g/mol. The molecule has 0 radical (unpaired) electrons. The van der Waals surface area contributed by atoms with E-state index in [1.54, 1.807) is 0 Å². The van der Waals surface area contributed by atoms with Crippen LogP contribution in [0.5, 0.6) is 0 Å². The standard InChI is InChI=1S/C13H26N2/c1-2-14-8-4-3-5-9-15-11-12-6-7-13(15)10-12/h12-14H,2-11H2,1H3. The molecular formula is C13H26N2. The zero-order valence-corrected chi connectivity index (χ0v) is 10.2. The molecule has 2 aliphatic rings. The third kappa shape index (κ3) is 3.18. The molecule has 0 amide bonds. The van der Waals surface area contributed by atoms with E-state index in [1.165, 1.54) is 58.2 Å². The zero-order chi connectivity index (χ0) is 10.5. The van der Waals surface area contributed by atoms with E-state index in [0.717, 1.165) is 18.5 Å². The van der Waals surface area contributed by atoms with E-state index < -0.39 is 0 Å². The van der Waals surface area contributed by atoms with E-state index in [0.29, 0.717) is 0 Å². The number of hydrogen-bond donors (Lipinski definition) is 1. The van der Waals surface area contributed by atoms with Gasteiger partial charge in [0.15, 0.2) is 0 Å². The van der Waals surface area contributed by atoms with Crippen LogP contribution in [0.2, 0.25) is 0 Å². The normalized spacial score (nSPS) is 30.2. The number of likely N-dealkylation sites (tertiary alicyclic amines) is 1. The Morgan fingerprint density at radius 3 is 2.80 bits per heavy atom. The van der Waals surface area contributed by atoms with Gasteiger partial charge in [-0.15, -0.1) is 0 Å². The fourth-order valence-electron chi connectivity index (χ4n) is 3.22. The number of fused-ring (bicyclic) bond motifs is 2. The highest BCUT2D eigenvalue weighted by atomic mass is 15.2. The van der Waals surface area contributed by atoms with Gasteiger partial charge in [0.1, 0.15) is 0 Å². The largest absolute Gasteiger partial charge is 0.317 e. The van der Waals surface area contributed by atoms with Crippen molar-refractivity contribution in [2.45, 2.75) is 51.5 Å². The molecule has 0 aromatic carbocycles. The zero-order valence-electron chi connectivity index (χ0n) is 10.2. The van der Waals surface area contributed by atoms with Crippen molar-refractivity contribution in [1.82, 2.24) is 10.2 Å². The minimum atomic E-state index is 0.976. The van der Waals surface area contributed by atoms with Crippen LogP contribution in [0.4, 0.5) is 0 Å². The first-order valence-electron chi connectivity index (χ1n) is 6.85. The predicted molar refractivity (Wildman–Crippen MR) is 65.1 cm³/mol. The summed E-state index contributed by atoms with van der Waals surface area (Å²) in [4.78, 5) is 2.75. The molecule has 88 valence electrons. The van der Waals surface area contributed by atoms with Gasteiger partial charge in [0.05, 0.1) is 0 Å². The first-order chi connectivity index (χ1) is 7.40. The van der Waals surface area contributed by atoms with E-state index in [-0.39, 0.29) is 0 Å². The summed E-state index contributed by atoms with van der Waals surface area (Å²) < 4.78 is 0. The van der Waals surface area contributed by atoms with Gasteiger partial charge < -0.3 is 10.2 Å². The molecule has 1 saturated carbocycles. The van der Waals surface area contributed by atoms with Crippen LogP contribution in [0.25, 0.3) is 0 Å². The van der Waals surface area contributed by atoms with Crippen LogP contribution in [-0.4, -0.2) is 37.1 Å². The second-order valence-corrected chi connectivity index (χ2v) is 5.24. The van der Waals surface area contributed by atoms with Crippen molar-refractivity contribution in [3.8, 4) is 0 Å². The molecule has 2 atom stereocenters. The van der Waals surface area contributed by atoms with Crippen LogP contribution in [0.15, 0.2) is 0 Å². The molecule has 1 aliphatic heterocycles. The molecule has 1 N–H and O–H groups in total. The third-order valence-corrected chi connectivity index (χ3v) is 4.07. The van der Waals surface area contributed by atoms with Crippen LogP contribution < -0.4 is 5.32 Å². The van der Waals surface area contributed by atoms with Gasteiger partial charge in [-0.05, 0) is 57.7 Å². The van der Waals surface area contributed by atoms with E-state index in [9.17, 15) is 0 Å². The van der Waals surface area contributed by atoms with Gasteiger partial charge in [-0.25, -0.2) is 0 Å². The number of nitrogens with zero attached hydrogens (tertiary/aromatic N) is 1. The van der Waals surface area contributed by atoms with Crippen LogP contribution >= 0.6 is 0 Å². The molecule has 1 aliphatic carbocycles. The molecule has 2 rings (SSSR count). The summed E-state index contributed by atoms with van der Waals surface area (Å²) in [6, 6.07) is 0.976. The van der Waals surface area contributed by atoms with Crippen molar-refractivity contribution < 1.29 is 0 Å². The molecule has 0 aromatic rings. The number of piperidine rings is 1. The Balaban J connectivity index is 1.48. The van der Waals surface area contributed by atoms with Gasteiger partial charge in [0.25, 0.3) is 0 Å². The van der Waals surface area contributed by atoms with Crippen molar-refractivity contribution in [2.75, 3.05) is 26.2 Å². The molecular weight excluding hydrogens is 184 g/mol. The fourth-order valence-corrected chi connectivity index (χ4v) is 3.22. The van der Waals surface area contributed by atoms with Gasteiger partial charge >= 0.3 is 0 Å². The number of hydrogen-bond acceptors (Lipinski definition) is 2. The summed E-state index contributed by atoms with van der Waals surface area (Å²) in [5, 5.41) is 3.39. The summed E-state index contributed by atoms with van der Waals surface area (Å²) in [5.74, 6) is 1.07. The summed E-state index contributed by atoms with van der Waals surface area (Å²) in [6.07, 6.45) is 8.69. The molecule has 0 spiro atoms. The monoisotopic (exact) mass is 210 g/mol. The number of nitrogens with one attached hydrogen (secondary N) is 1. The van der Waals surface area contributed by atoms with Crippen molar-refractivity contribution >= 4 is 0 Å². The van der Waals surface area contributed by atoms with Gasteiger partial charge in [-0.2, -0.15) is 0 Å². The quantitative estimate of drug-likeness (QED) is 0.648. The van der Waals surface area contributed by atoms with Gasteiger partial charge in [0, 0.05) is 12.6 Å². The van der Waals surface area contributed by atoms with Crippen molar-refractivity contribution in [1.29, 1.82) is 0 Å². The highest BCUT2D eigenvalue weighted by Gasteiger charge is 2.36. The van der Waals surface area contributed by atoms with Crippen LogP contribution in [0.3, 0.4) is 0 Å². The maximum atomic E-state index is 3.39. The highest BCUT2D eigenvalue weighted by molar-refractivity contribution is 4.91. The number of rotatable bonds is 7. The van der Waals surface area contributed by atoms with E-state index in [4.69, 9.17) is 0 Å². The predicted octanol–water partition coefficient (Wildman–Crippen LogP) is 2.25. The Labute approximate surface area is 94.4 Å². The summed E-state index contributed by atoms with van der Waals surface area (Å²) in [6.45, 7) is 7.30. The second kappa shape index (κ2) is 5.86. The maximum Gasteiger partial charge on any atom is 0.00985 e. The summed E-state index contributed by atoms with van der Waals surface area (Å²) in [7, 11) is 0. The lowest BCUT2D eigenvalue weighted by Crippen LogP contribution is -2.32. The Hall–Kier alpha value is -0.0800. The molecule has 2 fully saturated rings. The lowest BCUT2D eigenvalue weighted by Gasteiger charge is -2.26. The lowest BCUT2D eigenvalue weighted by molar-refractivity contribution is 0.209. The van der Waals surface area contributed by atoms with Gasteiger partial charge in [-0.1, -0.05) is 13.3 Å². The highest BCUT2D eigenvalue weighted by Crippen LogP contribution is 2.37. The minimum Gasteiger partial charge on any atom is -0.317 e. The Kier molecular flexibility index (Phi) is 4.45. The van der Waals surface area contributed by atoms with Crippen LogP contribution in [0, 0.1) is 5.92 Å². The van der Waals surface area contributed by atoms with Gasteiger partial charge in [0.2, 0.25) is 0 Å². The molecule has 2 bridgehead atoms. The van der Waals surface area contributed by atoms with Crippen molar-refractivity contribution in [3.05, 3.63) is 0 Å². The first-order valence-corrected chi connectivity index (χ1v) is 6.85. The average Bonchev–Trinajstić information content (AvgIpc) is 2.85. The molecule has 2 nitrogen and oxygen atoms in total. The molecule has 1 heterocycles. The van der Waals surface area contributed by atoms with E-state index in [2.05, 4.69) is 17.1 Å². The Morgan fingerprint density at radius 2 is 2.13 bits per heavy atom. The van der Waals surface area contributed by atoms with Crippen LogP contribution in [-0.2, 0) is 0 Å². The third-order valence-electron chi connectivity index (χ3n) is 4.07. The fraction of sp³-hybridized carbons (Fsp3) is 1.00. The molecule has 15 heavy (non-hydrogen) atoms. The first kappa shape index (κ1) is 11.4. The number of unbranched alkanes of at least 4 members (excludes halogenated alkanes) is 2. The van der Waals surface area contributed by atoms with E-state index >= 15 is 0 Å². The Bertz CT molecular complexity index is 181. The maximum absolute atomic E-state index is 3.39. The molecule has 2 unspecified atom stereocenters. The van der Waals surface area contributed by atoms with Crippen LogP contribution in [0.1, 0.15) is 45.4 Å². The molecule has 0 aromatic heterocycles. The summed E-state index contributed by atoms with van der Waals surface area (Å²) in [5.41, 5.74) is 0. The lowest BCUT2D eigenvalue weighted by atomic mass is 10.1. The molecule has 2 heteroatoms. The van der Waals surface area contributed by atoms with Gasteiger partial charge in [-0.3, -0.25) is 0 Å². The SMILES string of the molecule is CCNCCCCCN1CC2CCC1C2. The summed E-state index contributed by atoms with van der Waals surface area (Å²) >= 11 is 0. The second-order valence-electron chi connectivity index (χ2n) is 5.24.